The summed E-state index contributed by atoms with van der Waals surface area (Å²) in [5.41, 5.74) is 0.296. The van der Waals surface area contributed by atoms with E-state index in [1.807, 2.05) is 9.80 Å². The van der Waals surface area contributed by atoms with Crippen molar-refractivity contribution in [1.82, 2.24) is 20.3 Å². The topological polar surface area (TPSA) is 78.7 Å². The SMILES string of the molecule is Cc1cc(C(=O)N[C@@H]2CCCCN(C(=O)N3CCCC3)C2)no1. The van der Waals surface area contributed by atoms with Crippen molar-refractivity contribution in [2.24, 2.45) is 0 Å². The molecule has 3 rings (SSSR count). The summed E-state index contributed by atoms with van der Waals surface area (Å²) in [5, 5.41) is 6.74. The van der Waals surface area contributed by atoms with Crippen LogP contribution >= 0.6 is 0 Å². The van der Waals surface area contributed by atoms with E-state index >= 15 is 0 Å². The molecular formula is C16H24N4O3. The fourth-order valence-electron chi connectivity index (χ4n) is 3.27. The molecule has 2 fully saturated rings. The van der Waals surface area contributed by atoms with Gasteiger partial charge in [-0.3, -0.25) is 4.79 Å². The maximum Gasteiger partial charge on any atom is 0.320 e. The van der Waals surface area contributed by atoms with Gasteiger partial charge in [0.2, 0.25) is 0 Å². The first-order valence-corrected chi connectivity index (χ1v) is 8.41. The molecule has 0 bridgehead atoms. The quantitative estimate of drug-likeness (QED) is 0.901. The summed E-state index contributed by atoms with van der Waals surface area (Å²) in [5.74, 6) is 0.379. The summed E-state index contributed by atoms with van der Waals surface area (Å²) in [6, 6.07) is 1.70. The summed E-state index contributed by atoms with van der Waals surface area (Å²) in [6.45, 7) is 4.80. The lowest BCUT2D eigenvalue weighted by Crippen LogP contribution is -2.48. The minimum atomic E-state index is -0.234. The van der Waals surface area contributed by atoms with Gasteiger partial charge in [-0.25, -0.2) is 4.79 Å². The van der Waals surface area contributed by atoms with E-state index in [1.165, 1.54) is 0 Å². The van der Waals surface area contributed by atoms with Gasteiger partial charge in [-0.15, -0.1) is 0 Å². The predicted octanol–water partition coefficient (Wildman–Crippen LogP) is 1.78. The number of likely N-dealkylation sites (tertiary alicyclic amines) is 2. The Kier molecular flexibility index (Phi) is 4.83. The van der Waals surface area contributed by atoms with Crippen LogP contribution in [0.2, 0.25) is 0 Å². The zero-order valence-electron chi connectivity index (χ0n) is 13.6. The monoisotopic (exact) mass is 320 g/mol. The lowest BCUT2D eigenvalue weighted by atomic mass is 10.1. The van der Waals surface area contributed by atoms with Gasteiger partial charge in [0, 0.05) is 38.3 Å². The van der Waals surface area contributed by atoms with Crippen LogP contribution in [0.25, 0.3) is 0 Å². The highest BCUT2D eigenvalue weighted by Gasteiger charge is 2.28. The molecule has 1 N–H and O–H groups in total. The second-order valence-corrected chi connectivity index (χ2v) is 6.41. The molecule has 0 unspecified atom stereocenters. The van der Waals surface area contributed by atoms with Gasteiger partial charge in [-0.2, -0.15) is 0 Å². The molecule has 0 radical (unpaired) electrons. The Hall–Kier alpha value is -2.05. The number of hydrogen-bond acceptors (Lipinski definition) is 4. The number of aromatic nitrogens is 1. The van der Waals surface area contributed by atoms with Gasteiger partial charge >= 0.3 is 6.03 Å². The fourth-order valence-corrected chi connectivity index (χ4v) is 3.27. The molecule has 3 amide bonds. The average molecular weight is 320 g/mol. The van der Waals surface area contributed by atoms with Gasteiger partial charge in [-0.1, -0.05) is 5.16 Å². The normalized spacial score (nSPS) is 22.0. The summed E-state index contributed by atoms with van der Waals surface area (Å²) < 4.78 is 4.94. The van der Waals surface area contributed by atoms with Gasteiger partial charge in [0.15, 0.2) is 5.69 Å². The second kappa shape index (κ2) is 7.02. The van der Waals surface area contributed by atoms with E-state index in [9.17, 15) is 9.59 Å². The Bertz CT molecular complexity index is 565. The molecule has 0 aliphatic carbocycles. The maximum absolute atomic E-state index is 12.6. The van der Waals surface area contributed by atoms with E-state index in [1.54, 1.807) is 13.0 Å². The van der Waals surface area contributed by atoms with Crippen LogP contribution in [0.4, 0.5) is 4.79 Å². The molecule has 23 heavy (non-hydrogen) atoms. The van der Waals surface area contributed by atoms with E-state index in [4.69, 9.17) is 4.52 Å². The first-order chi connectivity index (χ1) is 11.1. The number of rotatable bonds is 2. The van der Waals surface area contributed by atoms with Crippen molar-refractivity contribution >= 4 is 11.9 Å². The van der Waals surface area contributed by atoms with Crippen molar-refractivity contribution in [3.05, 3.63) is 17.5 Å². The van der Waals surface area contributed by atoms with Crippen molar-refractivity contribution < 1.29 is 14.1 Å². The molecule has 0 saturated carbocycles. The van der Waals surface area contributed by atoms with Gasteiger partial charge in [0.05, 0.1) is 0 Å². The third kappa shape index (κ3) is 3.83. The smallest absolute Gasteiger partial charge is 0.320 e. The summed E-state index contributed by atoms with van der Waals surface area (Å²) in [4.78, 5) is 28.6. The Balaban J connectivity index is 1.60. The van der Waals surface area contributed by atoms with Crippen LogP contribution in [0, 0.1) is 6.92 Å². The van der Waals surface area contributed by atoms with Crippen LogP contribution in [0.3, 0.4) is 0 Å². The molecule has 2 saturated heterocycles. The molecule has 0 spiro atoms. The number of carbonyl (C=O) groups excluding carboxylic acids is 2. The standard InChI is InChI=1S/C16H24N4O3/c1-12-10-14(18-23-12)15(21)17-13-6-2-3-9-20(11-13)16(22)19-7-4-5-8-19/h10,13H,2-9,11H2,1H3,(H,17,21)/t13-/m1/s1. The summed E-state index contributed by atoms with van der Waals surface area (Å²) >= 11 is 0. The van der Waals surface area contributed by atoms with Gasteiger partial charge in [-0.05, 0) is 39.0 Å². The number of amides is 3. The lowest BCUT2D eigenvalue weighted by molar-refractivity contribution is 0.0915. The fraction of sp³-hybridized carbons (Fsp3) is 0.688. The molecule has 2 aliphatic heterocycles. The van der Waals surface area contributed by atoms with Gasteiger partial charge in [0.1, 0.15) is 5.76 Å². The molecule has 1 aromatic rings. The first-order valence-electron chi connectivity index (χ1n) is 8.41. The summed E-state index contributed by atoms with van der Waals surface area (Å²) in [6.07, 6.45) is 5.05. The number of carbonyl (C=O) groups is 2. The van der Waals surface area contributed by atoms with Crippen LogP contribution < -0.4 is 5.32 Å². The molecule has 126 valence electrons. The van der Waals surface area contributed by atoms with Gasteiger partial charge in [0.25, 0.3) is 5.91 Å². The minimum absolute atomic E-state index is 0.0337. The van der Waals surface area contributed by atoms with Gasteiger partial charge < -0.3 is 19.6 Å². The van der Waals surface area contributed by atoms with Crippen molar-refractivity contribution in [1.29, 1.82) is 0 Å². The number of aryl methyl sites for hydroxylation is 1. The van der Waals surface area contributed by atoms with E-state index < -0.39 is 0 Å². The van der Waals surface area contributed by atoms with E-state index in [0.717, 1.165) is 51.7 Å². The molecule has 1 atom stereocenters. The molecule has 2 aliphatic rings. The Morgan fingerprint density at radius 2 is 1.87 bits per heavy atom. The van der Waals surface area contributed by atoms with Crippen LogP contribution in [-0.4, -0.2) is 59.1 Å². The highest BCUT2D eigenvalue weighted by molar-refractivity contribution is 5.92. The van der Waals surface area contributed by atoms with Crippen molar-refractivity contribution in [2.45, 2.75) is 45.1 Å². The van der Waals surface area contributed by atoms with Crippen LogP contribution in [0.15, 0.2) is 10.6 Å². The third-order valence-corrected chi connectivity index (χ3v) is 4.51. The molecule has 7 nitrogen and oxygen atoms in total. The number of urea groups is 1. The average Bonchev–Trinajstić information content (AvgIpc) is 3.16. The molecule has 7 heteroatoms. The lowest BCUT2D eigenvalue weighted by Gasteiger charge is -2.29. The third-order valence-electron chi connectivity index (χ3n) is 4.51. The molecular weight excluding hydrogens is 296 g/mol. The molecule has 1 aromatic heterocycles. The van der Waals surface area contributed by atoms with Crippen LogP contribution in [0.1, 0.15) is 48.4 Å². The second-order valence-electron chi connectivity index (χ2n) is 6.41. The van der Waals surface area contributed by atoms with Crippen LogP contribution in [0.5, 0.6) is 0 Å². The largest absolute Gasteiger partial charge is 0.361 e. The zero-order valence-corrected chi connectivity index (χ0v) is 13.6. The van der Waals surface area contributed by atoms with Crippen molar-refractivity contribution in [2.75, 3.05) is 26.2 Å². The maximum atomic E-state index is 12.6. The number of hydrogen-bond donors (Lipinski definition) is 1. The van der Waals surface area contributed by atoms with Crippen molar-refractivity contribution in [3.8, 4) is 0 Å². The minimum Gasteiger partial charge on any atom is -0.361 e. The van der Waals surface area contributed by atoms with Crippen LogP contribution in [-0.2, 0) is 0 Å². The summed E-state index contributed by atoms with van der Waals surface area (Å²) in [7, 11) is 0. The highest BCUT2D eigenvalue weighted by Crippen LogP contribution is 2.16. The van der Waals surface area contributed by atoms with E-state index in [-0.39, 0.29) is 18.0 Å². The number of nitrogens with one attached hydrogen (secondary N) is 1. The Morgan fingerprint density at radius 1 is 1.17 bits per heavy atom. The molecule has 0 aromatic carbocycles. The van der Waals surface area contributed by atoms with E-state index in [2.05, 4.69) is 10.5 Å². The molecule has 3 heterocycles. The van der Waals surface area contributed by atoms with E-state index in [0.29, 0.717) is 18.0 Å². The zero-order chi connectivity index (χ0) is 16.2. The van der Waals surface area contributed by atoms with Crippen molar-refractivity contribution in [3.63, 3.8) is 0 Å². The Labute approximate surface area is 136 Å². The highest BCUT2D eigenvalue weighted by atomic mass is 16.5. The first kappa shape index (κ1) is 15.8. The number of nitrogens with zero attached hydrogens (tertiary/aromatic N) is 3. The Morgan fingerprint density at radius 3 is 2.57 bits per heavy atom. The predicted molar refractivity (Wildman–Crippen MR) is 84.1 cm³/mol.